The van der Waals surface area contributed by atoms with E-state index in [0.717, 1.165) is 37.2 Å². The molecule has 1 aromatic rings. The van der Waals surface area contributed by atoms with E-state index in [4.69, 9.17) is 0 Å². The van der Waals surface area contributed by atoms with E-state index in [0.29, 0.717) is 0 Å². The molecule has 1 heterocycles. The average molecular weight is 468 g/mol. The van der Waals surface area contributed by atoms with Crippen LogP contribution in [0.2, 0.25) is 0 Å². The number of phenols is 1. The molecule has 13 heteroatoms. The fraction of sp³-hybridized carbons (Fsp3) is 0.143. The summed E-state index contributed by atoms with van der Waals surface area (Å²) < 4.78 is 45.4. The Morgan fingerprint density at radius 3 is 2.74 bits per heavy atom. The van der Waals surface area contributed by atoms with Gasteiger partial charge in [-0.3, -0.25) is 10.1 Å². The van der Waals surface area contributed by atoms with Gasteiger partial charge in [0.15, 0.2) is 16.7 Å². The Hall–Kier alpha value is -2.54. The number of ether oxygens (including phenoxy) is 2. The van der Waals surface area contributed by atoms with Gasteiger partial charge in [-0.05, 0) is 23.9 Å². The van der Waals surface area contributed by atoms with Crippen LogP contribution in [0.15, 0.2) is 37.8 Å². The number of methoxy groups -OCH3 is 1. The van der Waals surface area contributed by atoms with Crippen molar-refractivity contribution in [2.45, 2.75) is 6.36 Å². The molecule has 1 aliphatic heterocycles. The number of phenolic OH excluding ortho intramolecular Hbond substituents is 1. The van der Waals surface area contributed by atoms with Crippen LogP contribution in [0.3, 0.4) is 0 Å². The summed E-state index contributed by atoms with van der Waals surface area (Å²) in [6.45, 7) is 0. The second-order valence-corrected chi connectivity index (χ2v) is 6.57. The molecule has 1 fully saturated rings. The molecule has 1 aliphatic rings. The molecule has 2 rings (SSSR count). The lowest BCUT2D eigenvalue weighted by molar-refractivity contribution is -0.275. The number of esters is 1. The molecule has 0 atom stereocenters. The third-order valence-electron chi connectivity index (χ3n) is 2.74. The number of carbonyl (C=O) groups excluding carboxylic acids is 2. The quantitative estimate of drug-likeness (QED) is 0.305. The van der Waals surface area contributed by atoms with Gasteiger partial charge in [0.25, 0.3) is 5.91 Å². The number of benzene rings is 1. The number of amides is 1. The van der Waals surface area contributed by atoms with Crippen LogP contribution < -0.4 is 10.1 Å². The molecule has 1 aromatic carbocycles. The van der Waals surface area contributed by atoms with Crippen LogP contribution in [-0.2, 0) is 14.3 Å². The van der Waals surface area contributed by atoms with E-state index in [9.17, 15) is 27.9 Å². The SMILES string of the molecule is COC(=O)/C=C1/S/C(=N\N=Cc2cc(Br)cc(OC(F)(F)F)c2O)NC1=O. The van der Waals surface area contributed by atoms with E-state index in [-0.39, 0.29) is 20.1 Å². The zero-order valence-electron chi connectivity index (χ0n) is 13.2. The summed E-state index contributed by atoms with van der Waals surface area (Å²) >= 11 is 3.80. The van der Waals surface area contributed by atoms with Gasteiger partial charge in [0.1, 0.15) is 0 Å². The van der Waals surface area contributed by atoms with Crippen molar-refractivity contribution >= 4 is 51.0 Å². The fourth-order valence-corrected chi connectivity index (χ4v) is 2.87. The Bertz CT molecular complexity index is 870. The van der Waals surface area contributed by atoms with Crippen LogP contribution in [0.25, 0.3) is 0 Å². The lowest BCUT2D eigenvalue weighted by Gasteiger charge is -2.12. The predicted octanol–water partition coefficient (Wildman–Crippen LogP) is 2.66. The number of nitrogens with one attached hydrogen (secondary N) is 1. The average Bonchev–Trinajstić information content (AvgIpc) is 2.89. The zero-order chi connectivity index (χ0) is 20.2. The number of nitrogens with zero attached hydrogens (tertiary/aromatic N) is 2. The second kappa shape index (κ2) is 8.43. The minimum Gasteiger partial charge on any atom is -0.504 e. The zero-order valence-corrected chi connectivity index (χ0v) is 15.6. The summed E-state index contributed by atoms with van der Waals surface area (Å²) in [5.41, 5.74) is -0.118. The summed E-state index contributed by atoms with van der Waals surface area (Å²) in [7, 11) is 1.15. The van der Waals surface area contributed by atoms with Crippen LogP contribution >= 0.6 is 27.7 Å². The molecule has 1 amide bonds. The molecule has 0 unspecified atom stereocenters. The van der Waals surface area contributed by atoms with Crippen molar-refractivity contribution in [1.82, 2.24) is 5.32 Å². The molecular formula is C14H9BrF3N3O5S. The number of hydrogen-bond donors (Lipinski definition) is 2. The second-order valence-electron chi connectivity index (χ2n) is 4.63. The molecule has 0 aliphatic carbocycles. The molecule has 144 valence electrons. The molecule has 2 N–H and O–H groups in total. The first-order chi connectivity index (χ1) is 12.6. The predicted molar refractivity (Wildman–Crippen MR) is 93.4 cm³/mol. The molecule has 0 aromatic heterocycles. The molecule has 8 nitrogen and oxygen atoms in total. The normalized spacial score (nSPS) is 17.6. The first-order valence-corrected chi connectivity index (χ1v) is 8.38. The summed E-state index contributed by atoms with van der Waals surface area (Å²) in [6.07, 6.45) is -3.06. The van der Waals surface area contributed by atoms with Crippen LogP contribution in [0.5, 0.6) is 11.5 Å². The standard InChI is InChI=1S/C14H9BrF3N3O5S/c1-25-10(22)4-9-12(24)20-13(27-9)21-19-5-6-2-7(15)3-8(11(6)23)26-14(16,17)18/h2-5,23H,1H3,(H,20,21,24)/b9-4+,19-5?. The highest BCUT2D eigenvalue weighted by Gasteiger charge is 2.33. The van der Waals surface area contributed by atoms with Gasteiger partial charge in [-0.15, -0.1) is 18.3 Å². The number of aromatic hydroxyl groups is 1. The Morgan fingerprint density at radius 1 is 1.41 bits per heavy atom. The molecular weight excluding hydrogens is 459 g/mol. The number of rotatable bonds is 4. The van der Waals surface area contributed by atoms with Crippen LogP contribution in [0.4, 0.5) is 13.2 Å². The number of hydrogen-bond acceptors (Lipinski definition) is 8. The molecule has 27 heavy (non-hydrogen) atoms. The number of thioether (sulfide) groups is 1. The van der Waals surface area contributed by atoms with E-state index in [1.807, 2.05) is 0 Å². The van der Waals surface area contributed by atoms with Gasteiger partial charge in [-0.1, -0.05) is 15.9 Å². The molecule has 0 radical (unpaired) electrons. The van der Waals surface area contributed by atoms with Crippen LogP contribution in [0, 0.1) is 0 Å². The third kappa shape index (κ3) is 5.99. The van der Waals surface area contributed by atoms with E-state index in [1.54, 1.807) is 0 Å². The van der Waals surface area contributed by atoms with Crippen molar-refractivity contribution in [2.24, 2.45) is 10.2 Å². The lowest BCUT2D eigenvalue weighted by Crippen LogP contribution is -2.19. The minimum absolute atomic E-state index is 0.0210. The Kier molecular flexibility index (Phi) is 6.49. The summed E-state index contributed by atoms with van der Waals surface area (Å²) in [5, 5.41) is 19.5. The van der Waals surface area contributed by atoms with Gasteiger partial charge in [0.05, 0.1) is 18.2 Å². The highest BCUT2D eigenvalue weighted by atomic mass is 79.9. The maximum atomic E-state index is 12.3. The Morgan fingerprint density at radius 2 is 2.11 bits per heavy atom. The molecule has 0 bridgehead atoms. The number of carbonyl (C=O) groups is 2. The first-order valence-electron chi connectivity index (χ1n) is 6.77. The van der Waals surface area contributed by atoms with Gasteiger partial charge in [0.2, 0.25) is 0 Å². The molecule has 0 spiro atoms. The van der Waals surface area contributed by atoms with Crippen molar-refractivity contribution in [3.05, 3.63) is 33.2 Å². The highest BCUT2D eigenvalue weighted by Crippen LogP contribution is 2.36. The topological polar surface area (TPSA) is 110 Å². The van der Waals surface area contributed by atoms with Crippen LogP contribution in [-0.4, -0.2) is 41.8 Å². The monoisotopic (exact) mass is 467 g/mol. The number of halogens is 4. The van der Waals surface area contributed by atoms with E-state index in [1.165, 1.54) is 6.07 Å². The Labute approximate surface area is 162 Å². The molecule has 0 saturated carbocycles. The van der Waals surface area contributed by atoms with E-state index < -0.39 is 29.7 Å². The largest absolute Gasteiger partial charge is 0.573 e. The van der Waals surface area contributed by atoms with Crippen molar-refractivity contribution < 1.29 is 37.3 Å². The van der Waals surface area contributed by atoms with Gasteiger partial charge in [-0.25, -0.2) is 4.79 Å². The summed E-state index contributed by atoms with van der Waals surface area (Å²) in [6, 6.07) is 2.22. The van der Waals surface area contributed by atoms with Crippen molar-refractivity contribution in [2.75, 3.05) is 7.11 Å². The minimum atomic E-state index is -4.99. The van der Waals surface area contributed by atoms with Crippen molar-refractivity contribution in [3.63, 3.8) is 0 Å². The van der Waals surface area contributed by atoms with Crippen molar-refractivity contribution in [3.8, 4) is 11.5 Å². The summed E-state index contributed by atoms with van der Waals surface area (Å²) in [4.78, 5) is 22.8. The maximum absolute atomic E-state index is 12.3. The summed E-state index contributed by atoms with van der Waals surface area (Å²) in [5.74, 6) is -2.94. The number of amidine groups is 1. The van der Waals surface area contributed by atoms with Gasteiger partial charge >= 0.3 is 12.3 Å². The van der Waals surface area contributed by atoms with E-state index in [2.05, 4.69) is 40.9 Å². The maximum Gasteiger partial charge on any atom is 0.573 e. The third-order valence-corrected chi connectivity index (χ3v) is 4.10. The van der Waals surface area contributed by atoms with Crippen LogP contribution in [0.1, 0.15) is 5.56 Å². The highest BCUT2D eigenvalue weighted by molar-refractivity contribution is 9.10. The number of alkyl halides is 3. The van der Waals surface area contributed by atoms with E-state index >= 15 is 0 Å². The van der Waals surface area contributed by atoms with Gasteiger partial charge < -0.3 is 14.6 Å². The Balaban J connectivity index is 2.19. The van der Waals surface area contributed by atoms with Crippen molar-refractivity contribution in [1.29, 1.82) is 0 Å². The smallest absolute Gasteiger partial charge is 0.504 e. The lowest BCUT2D eigenvalue weighted by atomic mass is 10.2. The molecule has 1 saturated heterocycles. The van der Waals surface area contributed by atoms with Gasteiger partial charge in [0, 0.05) is 16.1 Å². The van der Waals surface area contributed by atoms with Gasteiger partial charge in [-0.2, -0.15) is 5.10 Å². The fourth-order valence-electron chi connectivity index (χ4n) is 1.68. The first kappa shape index (κ1) is 20.8.